The summed E-state index contributed by atoms with van der Waals surface area (Å²) in [6, 6.07) is 8.91. The van der Waals surface area contributed by atoms with E-state index in [1.165, 1.54) is 30.5 Å². The summed E-state index contributed by atoms with van der Waals surface area (Å²) in [7, 11) is 0. The van der Waals surface area contributed by atoms with Gasteiger partial charge >= 0.3 is 0 Å². The van der Waals surface area contributed by atoms with Gasteiger partial charge in [-0.3, -0.25) is 4.40 Å². The zero-order chi connectivity index (χ0) is 20.8. The van der Waals surface area contributed by atoms with Crippen LogP contribution in [0.3, 0.4) is 0 Å². The Morgan fingerprint density at radius 3 is 2.31 bits per heavy atom. The molecule has 5 rings (SSSR count). The van der Waals surface area contributed by atoms with Crippen molar-refractivity contribution >= 4 is 45.4 Å². The van der Waals surface area contributed by atoms with Gasteiger partial charge in [0, 0.05) is 54.9 Å². The molecule has 0 unspecified atom stereocenters. The summed E-state index contributed by atoms with van der Waals surface area (Å²) in [5.74, 6) is -0.387. The molecule has 148 valence electrons. The molecule has 5 heterocycles. The summed E-state index contributed by atoms with van der Waals surface area (Å²) in [4.78, 5) is 11.6. The van der Waals surface area contributed by atoms with Crippen LogP contribution in [0.1, 0.15) is 0 Å². The van der Waals surface area contributed by atoms with Crippen LogP contribution in [0.5, 0.6) is 0 Å². The predicted octanol–water partition coefficient (Wildman–Crippen LogP) is 3.80. The lowest BCUT2D eigenvalue weighted by molar-refractivity contribution is 0.626. The number of nitrogens with zero attached hydrogens (tertiary/aromatic N) is 5. The SMILES string of the molecule is Fc1ccn2c(I)cnc2c1.Nc1cc(F)ccn1.Nc1ccn2ccnc2c1. The van der Waals surface area contributed by atoms with Crippen LogP contribution in [-0.4, -0.2) is 23.8 Å². The molecular formula is C19H16F2IN7. The monoisotopic (exact) mass is 507 g/mol. The lowest BCUT2D eigenvalue weighted by Gasteiger charge is -1.92. The topological polar surface area (TPSA) is 99.5 Å². The minimum absolute atomic E-state index is 0.213. The van der Waals surface area contributed by atoms with Crippen LogP contribution in [0.4, 0.5) is 20.3 Å². The molecular weight excluding hydrogens is 491 g/mol. The first-order chi connectivity index (χ1) is 13.9. The molecule has 0 aliphatic rings. The van der Waals surface area contributed by atoms with Gasteiger partial charge in [0.25, 0.3) is 0 Å². The summed E-state index contributed by atoms with van der Waals surface area (Å²) >= 11 is 2.14. The van der Waals surface area contributed by atoms with Crippen molar-refractivity contribution in [2.24, 2.45) is 0 Å². The van der Waals surface area contributed by atoms with Gasteiger partial charge in [0.15, 0.2) is 0 Å². The second kappa shape index (κ2) is 9.28. The summed E-state index contributed by atoms with van der Waals surface area (Å²) < 4.78 is 29.4. The third kappa shape index (κ3) is 5.60. The fraction of sp³-hybridized carbons (Fsp3) is 0. The Labute approximate surface area is 178 Å². The van der Waals surface area contributed by atoms with Gasteiger partial charge in [0.1, 0.15) is 32.4 Å². The number of hydrogen-bond acceptors (Lipinski definition) is 5. The first-order valence-electron chi connectivity index (χ1n) is 8.26. The number of rotatable bonds is 0. The predicted molar refractivity (Wildman–Crippen MR) is 116 cm³/mol. The van der Waals surface area contributed by atoms with Gasteiger partial charge in [-0.1, -0.05) is 0 Å². The summed E-state index contributed by atoms with van der Waals surface area (Å²) in [6.45, 7) is 0. The number of nitrogen functional groups attached to an aromatic ring is 2. The van der Waals surface area contributed by atoms with E-state index in [0.717, 1.165) is 15.0 Å². The quantitative estimate of drug-likeness (QED) is 0.311. The molecule has 0 aromatic carbocycles. The molecule has 0 amide bonds. The maximum Gasteiger partial charge on any atom is 0.140 e. The highest BCUT2D eigenvalue weighted by atomic mass is 127. The van der Waals surface area contributed by atoms with E-state index in [1.54, 1.807) is 18.6 Å². The number of imidazole rings is 2. The van der Waals surface area contributed by atoms with Crippen LogP contribution in [0, 0.1) is 15.3 Å². The number of pyridine rings is 3. The van der Waals surface area contributed by atoms with E-state index in [9.17, 15) is 8.78 Å². The van der Waals surface area contributed by atoms with Crippen molar-refractivity contribution in [3.05, 3.63) is 88.9 Å². The highest BCUT2D eigenvalue weighted by Gasteiger charge is 1.99. The molecule has 0 aliphatic carbocycles. The molecule has 4 N–H and O–H groups in total. The minimum atomic E-state index is -0.350. The van der Waals surface area contributed by atoms with Crippen LogP contribution in [0.2, 0.25) is 0 Å². The molecule has 0 saturated carbocycles. The molecule has 5 aromatic heterocycles. The second-order valence-electron chi connectivity index (χ2n) is 5.71. The molecule has 0 aliphatic heterocycles. The standard InChI is InChI=1S/C7H4FIN2.C7H7N3.C5H5FN2/c8-5-1-2-11-6(9)4-10-7(11)3-5;8-6-1-3-10-4-2-9-7(10)5-6;6-4-1-2-8-5(7)3-4/h1-4H;1-5H,8H2;1-3H,(H2,7,8). The Kier molecular flexibility index (Phi) is 6.54. The molecule has 10 heteroatoms. The Morgan fingerprint density at radius 2 is 1.59 bits per heavy atom. The lowest BCUT2D eigenvalue weighted by atomic mass is 10.4. The Balaban J connectivity index is 0.000000126. The molecule has 7 nitrogen and oxygen atoms in total. The van der Waals surface area contributed by atoms with Crippen LogP contribution < -0.4 is 11.5 Å². The van der Waals surface area contributed by atoms with E-state index >= 15 is 0 Å². The van der Waals surface area contributed by atoms with Gasteiger partial charge in [-0.05, 0) is 40.8 Å². The largest absolute Gasteiger partial charge is 0.399 e. The number of anilines is 2. The van der Waals surface area contributed by atoms with Crippen molar-refractivity contribution in [1.29, 1.82) is 0 Å². The number of aromatic nitrogens is 5. The van der Waals surface area contributed by atoms with E-state index in [1.807, 2.05) is 33.3 Å². The van der Waals surface area contributed by atoms with Crippen LogP contribution in [0.25, 0.3) is 11.3 Å². The van der Waals surface area contributed by atoms with Crippen LogP contribution in [0.15, 0.2) is 73.6 Å². The first-order valence-corrected chi connectivity index (χ1v) is 9.33. The molecule has 0 atom stereocenters. The maximum atomic E-state index is 12.6. The third-order valence-electron chi connectivity index (χ3n) is 3.60. The van der Waals surface area contributed by atoms with Gasteiger partial charge < -0.3 is 15.9 Å². The molecule has 5 aromatic rings. The van der Waals surface area contributed by atoms with Gasteiger partial charge in [0.2, 0.25) is 0 Å². The average molecular weight is 507 g/mol. The summed E-state index contributed by atoms with van der Waals surface area (Å²) in [5, 5.41) is 0. The zero-order valence-corrected chi connectivity index (χ0v) is 17.1. The fourth-order valence-corrected chi connectivity index (χ4v) is 2.82. The first kappa shape index (κ1) is 20.5. The molecule has 0 radical (unpaired) electrons. The average Bonchev–Trinajstić information content (AvgIpc) is 3.28. The normalized spacial score (nSPS) is 10.2. The van der Waals surface area contributed by atoms with Crippen molar-refractivity contribution in [3.8, 4) is 0 Å². The van der Waals surface area contributed by atoms with Gasteiger partial charge in [-0.15, -0.1) is 0 Å². The molecule has 0 fully saturated rings. The smallest absolute Gasteiger partial charge is 0.140 e. The van der Waals surface area contributed by atoms with Crippen molar-refractivity contribution in [3.63, 3.8) is 0 Å². The number of fused-ring (bicyclic) bond motifs is 2. The van der Waals surface area contributed by atoms with E-state index in [2.05, 4.69) is 37.5 Å². The Hall–Kier alpha value is -3.28. The van der Waals surface area contributed by atoms with E-state index in [-0.39, 0.29) is 17.5 Å². The summed E-state index contributed by atoms with van der Waals surface area (Å²) in [5.41, 5.74) is 12.9. The number of nitrogens with two attached hydrogens (primary N) is 2. The number of hydrogen-bond donors (Lipinski definition) is 2. The Bertz CT molecular complexity index is 1220. The summed E-state index contributed by atoms with van der Waals surface area (Å²) in [6.07, 6.45) is 10.2. The van der Waals surface area contributed by atoms with Crippen LogP contribution in [-0.2, 0) is 0 Å². The van der Waals surface area contributed by atoms with Gasteiger partial charge in [0.05, 0.1) is 6.20 Å². The molecule has 0 spiro atoms. The fourth-order valence-electron chi connectivity index (χ4n) is 2.27. The second-order valence-corrected chi connectivity index (χ2v) is 6.81. The third-order valence-corrected chi connectivity index (χ3v) is 4.39. The van der Waals surface area contributed by atoms with Gasteiger partial charge in [-0.25, -0.2) is 23.7 Å². The highest BCUT2D eigenvalue weighted by molar-refractivity contribution is 14.1. The van der Waals surface area contributed by atoms with E-state index in [4.69, 9.17) is 11.5 Å². The van der Waals surface area contributed by atoms with Crippen molar-refractivity contribution in [1.82, 2.24) is 23.8 Å². The molecule has 29 heavy (non-hydrogen) atoms. The minimum Gasteiger partial charge on any atom is -0.399 e. The van der Waals surface area contributed by atoms with Crippen molar-refractivity contribution in [2.75, 3.05) is 11.5 Å². The molecule has 0 bridgehead atoms. The maximum absolute atomic E-state index is 12.6. The van der Waals surface area contributed by atoms with E-state index in [0.29, 0.717) is 5.65 Å². The van der Waals surface area contributed by atoms with Crippen LogP contribution >= 0.6 is 22.6 Å². The lowest BCUT2D eigenvalue weighted by Crippen LogP contribution is -1.88. The van der Waals surface area contributed by atoms with Crippen molar-refractivity contribution < 1.29 is 8.78 Å². The van der Waals surface area contributed by atoms with Gasteiger partial charge in [-0.2, -0.15) is 0 Å². The Morgan fingerprint density at radius 1 is 0.793 bits per heavy atom. The van der Waals surface area contributed by atoms with Crippen molar-refractivity contribution in [2.45, 2.75) is 0 Å². The molecule has 0 saturated heterocycles. The highest BCUT2D eigenvalue weighted by Crippen LogP contribution is 2.09. The number of halogens is 3. The zero-order valence-electron chi connectivity index (χ0n) is 15.0. The van der Waals surface area contributed by atoms with E-state index < -0.39 is 0 Å².